The molecular weight excluding hydrogens is 366 g/mol. The van der Waals surface area contributed by atoms with Gasteiger partial charge in [-0.15, -0.1) is 0 Å². The molecule has 3 rings (SSSR count). The van der Waals surface area contributed by atoms with Crippen LogP contribution in [0.1, 0.15) is 44.2 Å². The molecule has 0 spiro atoms. The molecule has 0 aliphatic carbocycles. The summed E-state index contributed by atoms with van der Waals surface area (Å²) in [5, 5.41) is 0. The Bertz CT molecular complexity index is 801. The lowest BCUT2D eigenvalue weighted by Gasteiger charge is -2.44. The van der Waals surface area contributed by atoms with E-state index in [4.69, 9.17) is 9.16 Å². The molecule has 1 amide bonds. The summed E-state index contributed by atoms with van der Waals surface area (Å²) in [5.41, 5.74) is 3.14. The number of carbonyl (C=O) groups excluding carboxylic acids is 1. The van der Waals surface area contributed by atoms with E-state index in [1.807, 2.05) is 48.5 Å². The normalized spacial score (nSPS) is 19.4. The molecule has 2 aromatic carbocycles. The maximum Gasteiger partial charge on any atom is 0.416 e. The van der Waals surface area contributed by atoms with Gasteiger partial charge in [0.2, 0.25) is 9.04 Å². The van der Waals surface area contributed by atoms with Gasteiger partial charge in [0.05, 0.1) is 5.69 Å². The predicted molar refractivity (Wildman–Crippen MR) is 115 cm³/mol. The minimum atomic E-state index is -0.985. The third-order valence-corrected chi connectivity index (χ3v) is 5.86. The molecule has 0 saturated carbocycles. The fourth-order valence-corrected chi connectivity index (χ4v) is 4.53. The Kier molecular flexibility index (Phi) is 6.25. The summed E-state index contributed by atoms with van der Waals surface area (Å²) < 4.78 is 12.0. The van der Waals surface area contributed by atoms with Crippen LogP contribution in [0.2, 0.25) is 13.1 Å². The third-order valence-electron chi connectivity index (χ3n) is 5.12. The largest absolute Gasteiger partial charge is 0.444 e. The van der Waals surface area contributed by atoms with E-state index >= 15 is 0 Å². The number of ether oxygens (including phenoxy) is 1. The van der Waals surface area contributed by atoms with Crippen LogP contribution in [0.5, 0.6) is 0 Å². The fourth-order valence-electron chi connectivity index (χ4n) is 3.79. The maximum absolute atomic E-state index is 13.1. The quantitative estimate of drug-likeness (QED) is 0.599. The zero-order valence-corrected chi connectivity index (χ0v) is 18.4. The molecular formula is C23H30NO3Si. The van der Waals surface area contributed by atoms with Crippen LogP contribution in [0.4, 0.5) is 10.5 Å². The summed E-state index contributed by atoms with van der Waals surface area (Å²) in [4.78, 5) is 14.8. The highest BCUT2D eigenvalue weighted by Gasteiger charge is 2.41. The zero-order chi connectivity index (χ0) is 20.3. The van der Waals surface area contributed by atoms with Crippen molar-refractivity contribution in [2.24, 2.45) is 5.41 Å². The van der Waals surface area contributed by atoms with Gasteiger partial charge in [0.25, 0.3) is 0 Å². The van der Waals surface area contributed by atoms with Gasteiger partial charge in [0.15, 0.2) is 0 Å². The molecule has 149 valence electrons. The van der Waals surface area contributed by atoms with E-state index in [-0.39, 0.29) is 24.3 Å². The van der Waals surface area contributed by atoms with Crippen LogP contribution in [-0.4, -0.2) is 21.4 Å². The minimum absolute atomic E-state index is 0.0755. The monoisotopic (exact) mass is 396 g/mol. The van der Waals surface area contributed by atoms with Crippen molar-refractivity contribution in [2.45, 2.75) is 59.0 Å². The van der Waals surface area contributed by atoms with E-state index in [1.165, 1.54) is 5.56 Å². The van der Waals surface area contributed by atoms with Crippen molar-refractivity contribution in [1.82, 2.24) is 0 Å². The molecule has 5 heteroatoms. The fraction of sp³-hybridized carbons (Fsp3) is 0.435. The highest BCUT2D eigenvalue weighted by Crippen LogP contribution is 2.47. The van der Waals surface area contributed by atoms with Gasteiger partial charge >= 0.3 is 6.09 Å². The van der Waals surface area contributed by atoms with E-state index in [0.29, 0.717) is 5.92 Å². The Morgan fingerprint density at radius 2 is 1.71 bits per heavy atom. The summed E-state index contributed by atoms with van der Waals surface area (Å²) in [6.07, 6.45) is 0.125. The molecule has 1 unspecified atom stereocenters. The maximum atomic E-state index is 13.1. The second-order valence-electron chi connectivity index (χ2n) is 8.60. The van der Waals surface area contributed by atoms with E-state index < -0.39 is 9.04 Å². The number of hydrogen-bond acceptors (Lipinski definition) is 3. The van der Waals surface area contributed by atoms with E-state index in [0.717, 1.165) is 17.7 Å². The summed E-state index contributed by atoms with van der Waals surface area (Å²) in [6, 6.07) is 17.9. The van der Waals surface area contributed by atoms with Gasteiger partial charge < -0.3 is 9.16 Å². The Balaban J connectivity index is 1.91. The summed E-state index contributed by atoms with van der Waals surface area (Å²) in [7, 11) is -0.985. The summed E-state index contributed by atoms with van der Waals surface area (Å²) >= 11 is 0. The molecule has 1 aliphatic heterocycles. The van der Waals surface area contributed by atoms with E-state index in [1.54, 1.807) is 4.90 Å². The number of anilines is 1. The first-order valence-corrected chi connectivity index (χ1v) is 12.2. The zero-order valence-electron chi connectivity index (χ0n) is 17.4. The lowest BCUT2D eigenvalue weighted by molar-refractivity contribution is 0.105. The lowest BCUT2D eigenvalue weighted by Crippen LogP contribution is -2.49. The number of hydrogen-bond donors (Lipinski definition) is 0. The van der Waals surface area contributed by atoms with Crippen LogP contribution in [0.3, 0.4) is 0 Å². The van der Waals surface area contributed by atoms with Gasteiger partial charge in [-0.05, 0) is 48.0 Å². The average Bonchev–Trinajstić information content (AvgIpc) is 2.65. The molecule has 0 aromatic heterocycles. The van der Waals surface area contributed by atoms with Gasteiger partial charge in [0.1, 0.15) is 12.8 Å². The standard InChI is InChI=1S/C23H30NO3Si/c1-23(2,3)19-15-21(27-28(4)5)24(20-14-10-9-13-18(19)20)22(25)26-16-17-11-7-6-8-12-17/h6-14,19,21H,15-16H2,1-5H3/t19-,21?/m1/s1. The highest BCUT2D eigenvalue weighted by molar-refractivity contribution is 6.48. The van der Waals surface area contributed by atoms with Crippen molar-refractivity contribution in [1.29, 1.82) is 0 Å². The number of amides is 1. The Morgan fingerprint density at radius 1 is 1.07 bits per heavy atom. The van der Waals surface area contributed by atoms with Crippen molar-refractivity contribution in [2.75, 3.05) is 4.90 Å². The van der Waals surface area contributed by atoms with Gasteiger partial charge in [-0.1, -0.05) is 69.3 Å². The summed E-state index contributed by atoms with van der Waals surface area (Å²) in [5.74, 6) is 0.313. The van der Waals surface area contributed by atoms with E-state index in [2.05, 4.69) is 39.9 Å². The Labute approximate surface area is 170 Å². The molecule has 1 heterocycles. The van der Waals surface area contributed by atoms with Crippen molar-refractivity contribution < 1.29 is 14.0 Å². The molecule has 1 aliphatic rings. The first-order valence-electron chi connectivity index (χ1n) is 9.83. The molecule has 28 heavy (non-hydrogen) atoms. The van der Waals surface area contributed by atoms with Crippen LogP contribution in [0.25, 0.3) is 0 Å². The number of carbonyl (C=O) groups is 1. The minimum Gasteiger partial charge on any atom is -0.444 e. The number of rotatable bonds is 4. The predicted octanol–water partition coefficient (Wildman–Crippen LogP) is 5.96. The SMILES string of the molecule is C[Si](C)OC1C[C@@H](C(C)(C)C)c2ccccc2N1C(=O)OCc1ccccc1. The average molecular weight is 397 g/mol. The van der Waals surface area contributed by atoms with Crippen molar-refractivity contribution in [3.05, 3.63) is 65.7 Å². The highest BCUT2D eigenvalue weighted by atomic mass is 28.3. The van der Waals surface area contributed by atoms with Crippen molar-refractivity contribution >= 4 is 20.8 Å². The number of fused-ring (bicyclic) bond motifs is 1. The van der Waals surface area contributed by atoms with Crippen molar-refractivity contribution in [3.8, 4) is 0 Å². The Morgan fingerprint density at radius 3 is 2.36 bits per heavy atom. The van der Waals surface area contributed by atoms with Gasteiger partial charge in [0, 0.05) is 0 Å². The van der Waals surface area contributed by atoms with Crippen LogP contribution < -0.4 is 4.90 Å². The second kappa shape index (κ2) is 8.49. The molecule has 2 aromatic rings. The number of nitrogens with zero attached hydrogens (tertiary/aromatic N) is 1. The topological polar surface area (TPSA) is 38.8 Å². The van der Waals surface area contributed by atoms with E-state index in [9.17, 15) is 4.79 Å². The molecule has 0 bridgehead atoms. The van der Waals surface area contributed by atoms with Gasteiger partial charge in [-0.3, -0.25) is 4.90 Å². The first-order chi connectivity index (χ1) is 13.3. The van der Waals surface area contributed by atoms with Crippen molar-refractivity contribution in [3.63, 3.8) is 0 Å². The molecule has 2 atom stereocenters. The van der Waals surface area contributed by atoms with Crippen LogP contribution >= 0.6 is 0 Å². The van der Waals surface area contributed by atoms with Crippen LogP contribution in [0.15, 0.2) is 54.6 Å². The molecule has 0 N–H and O–H groups in total. The summed E-state index contributed by atoms with van der Waals surface area (Å²) in [6.45, 7) is 11.2. The molecule has 0 saturated heterocycles. The first kappa shape index (κ1) is 20.6. The lowest BCUT2D eigenvalue weighted by atomic mass is 9.72. The molecule has 1 radical (unpaired) electrons. The van der Waals surface area contributed by atoms with Gasteiger partial charge in [-0.25, -0.2) is 4.79 Å². The third kappa shape index (κ3) is 4.65. The number of benzene rings is 2. The molecule has 0 fully saturated rings. The van der Waals surface area contributed by atoms with Crippen LogP contribution in [-0.2, 0) is 15.8 Å². The Hall–Kier alpha value is -2.11. The second-order valence-corrected chi connectivity index (χ2v) is 10.7. The smallest absolute Gasteiger partial charge is 0.416 e. The molecule has 4 nitrogen and oxygen atoms in total. The van der Waals surface area contributed by atoms with Crippen LogP contribution in [0, 0.1) is 5.41 Å². The van der Waals surface area contributed by atoms with Gasteiger partial charge in [-0.2, -0.15) is 0 Å². The number of para-hydroxylation sites is 1.